The molecule has 0 bridgehead atoms. The van der Waals surface area contributed by atoms with E-state index in [1.807, 2.05) is 0 Å². The van der Waals surface area contributed by atoms with E-state index in [2.05, 4.69) is 5.32 Å². The third kappa shape index (κ3) is 5.46. The second kappa shape index (κ2) is 9.23. The van der Waals surface area contributed by atoms with Crippen molar-refractivity contribution >= 4 is 33.3 Å². The van der Waals surface area contributed by atoms with E-state index >= 15 is 0 Å². The Bertz CT molecular complexity index is 941. The summed E-state index contributed by atoms with van der Waals surface area (Å²) in [6, 6.07) is 12.6. The standard InChI is InChI=1S/C19H22N2O6S/c1-4-27-19(23)14-9-11-15(12-10-14)20-18(22)13-21(28(3,24)25)16-7-5-6-8-17(16)26-2/h5-12H,4,13H2,1-3H3,(H,20,22). The topological polar surface area (TPSA) is 102 Å². The lowest BCUT2D eigenvalue weighted by atomic mass is 10.2. The van der Waals surface area contributed by atoms with Gasteiger partial charge in [-0.3, -0.25) is 9.10 Å². The van der Waals surface area contributed by atoms with Crippen LogP contribution in [0.15, 0.2) is 48.5 Å². The highest BCUT2D eigenvalue weighted by molar-refractivity contribution is 7.92. The van der Waals surface area contributed by atoms with Crippen molar-refractivity contribution in [2.24, 2.45) is 0 Å². The molecule has 0 saturated heterocycles. The molecular formula is C19H22N2O6S. The van der Waals surface area contributed by atoms with Crippen molar-refractivity contribution in [3.63, 3.8) is 0 Å². The van der Waals surface area contributed by atoms with Gasteiger partial charge >= 0.3 is 5.97 Å². The maximum absolute atomic E-state index is 12.4. The van der Waals surface area contributed by atoms with Gasteiger partial charge in [-0.2, -0.15) is 0 Å². The van der Waals surface area contributed by atoms with Gasteiger partial charge in [0.05, 0.1) is 31.2 Å². The van der Waals surface area contributed by atoms with Crippen LogP contribution in [-0.2, 0) is 19.6 Å². The number of carbonyl (C=O) groups excluding carboxylic acids is 2. The van der Waals surface area contributed by atoms with Crippen LogP contribution in [0.5, 0.6) is 5.75 Å². The summed E-state index contributed by atoms with van der Waals surface area (Å²) >= 11 is 0. The van der Waals surface area contributed by atoms with Crippen LogP contribution >= 0.6 is 0 Å². The van der Waals surface area contributed by atoms with E-state index in [1.54, 1.807) is 31.2 Å². The van der Waals surface area contributed by atoms with Gasteiger partial charge in [0.2, 0.25) is 15.9 Å². The Labute approximate surface area is 164 Å². The molecule has 2 aromatic carbocycles. The Morgan fingerprint density at radius 3 is 2.29 bits per heavy atom. The van der Waals surface area contributed by atoms with Gasteiger partial charge in [0.15, 0.2) is 0 Å². The summed E-state index contributed by atoms with van der Waals surface area (Å²) in [5.41, 5.74) is 1.04. The zero-order valence-electron chi connectivity index (χ0n) is 15.8. The molecule has 8 nitrogen and oxygen atoms in total. The minimum absolute atomic E-state index is 0.264. The summed E-state index contributed by atoms with van der Waals surface area (Å²) < 4.78 is 35.5. The number of carbonyl (C=O) groups is 2. The number of rotatable bonds is 8. The van der Waals surface area contributed by atoms with Crippen molar-refractivity contribution < 1.29 is 27.5 Å². The summed E-state index contributed by atoms with van der Waals surface area (Å²) in [5.74, 6) is -0.667. The van der Waals surface area contributed by atoms with Crippen molar-refractivity contribution in [2.75, 3.05) is 36.1 Å². The van der Waals surface area contributed by atoms with Crippen LogP contribution in [0.25, 0.3) is 0 Å². The third-order valence-electron chi connectivity index (χ3n) is 3.72. The Morgan fingerprint density at radius 2 is 1.71 bits per heavy atom. The van der Waals surface area contributed by atoms with E-state index in [0.717, 1.165) is 10.6 Å². The van der Waals surface area contributed by atoms with E-state index in [1.165, 1.54) is 31.4 Å². The highest BCUT2D eigenvalue weighted by Crippen LogP contribution is 2.29. The number of amides is 1. The van der Waals surface area contributed by atoms with Crippen molar-refractivity contribution in [1.29, 1.82) is 0 Å². The molecule has 0 atom stereocenters. The van der Waals surface area contributed by atoms with Gasteiger partial charge in [-0.25, -0.2) is 13.2 Å². The molecule has 0 saturated carbocycles. The van der Waals surface area contributed by atoms with Crippen LogP contribution in [0.3, 0.4) is 0 Å². The largest absolute Gasteiger partial charge is 0.495 e. The third-order valence-corrected chi connectivity index (χ3v) is 4.85. The fraction of sp³-hybridized carbons (Fsp3) is 0.263. The number of hydrogen-bond donors (Lipinski definition) is 1. The number of nitrogens with one attached hydrogen (secondary N) is 1. The lowest BCUT2D eigenvalue weighted by molar-refractivity contribution is -0.114. The molecule has 0 aromatic heterocycles. The zero-order chi connectivity index (χ0) is 20.7. The van der Waals surface area contributed by atoms with Gasteiger partial charge in [-0.05, 0) is 43.3 Å². The smallest absolute Gasteiger partial charge is 0.338 e. The Balaban J connectivity index is 2.15. The van der Waals surface area contributed by atoms with Crippen molar-refractivity contribution in [2.45, 2.75) is 6.92 Å². The molecule has 0 aliphatic carbocycles. The fourth-order valence-corrected chi connectivity index (χ4v) is 3.31. The SMILES string of the molecule is CCOC(=O)c1ccc(NC(=O)CN(c2ccccc2OC)S(C)(=O)=O)cc1. The van der Waals surface area contributed by atoms with Crippen LogP contribution < -0.4 is 14.4 Å². The predicted molar refractivity (Wildman–Crippen MR) is 106 cm³/mol. The molecular weight excluding hydrogens is 384 g/mol. The normalized spacial score (nSPS) is 10.8. The number of para-hydroxylation sites is 2. The number of benzene rings is 2. The molecule has 0 aliphatic heterocycles. The quantitative estimate of drug-likeness (QED) is 0.675. The Morgan fingerprint density at radius 1 is 1.07 bits per heavy atom. The molecule has 1 N–H and O–H groups in total. The highest BCUT2D eigenvalue weighted by atomic mass is 32.2. The first-order valence-electron chi connectivity index (χ1n) is 8.44. The second-order valence-corrected chi connectivity index (χ2v) is 7.69. The zero-order valence-corrected chi connectivity index (χ0v) is 16.7. The van der Waals surface area contributed by atoms with E-state index in [9.17, 15) is 18.0 Å². The fourth-order valence-electron chi connectivity index (χ4n) is 2.45. The van der Waals surface area contributed by atoms with Crippen LogP contribution in [-0.4, -0.2) is 46.8 Å². The molecule has 0 heterocycles. The summed E-state index contributed by atoms with van der Waals surface area (Å²) in [6.45, 7) is 1.54. The van der Waals surface area contributed by atoms with Crippen molar-refractivity contribution in [3.8, 4) is 5.75 Å². The summed E-state index contributed by atoms with van der Waals surface area (Å²) in [4.78, 5) is 24.1. The molecule has 0 radical (unpaired) electrons. The molecule has 2 rings (SSSR count). The Kier molecular flexibility index (Phi) is 7.00. The molecule has 0 spiro atoms. The number of hydrogen-bond acceptors (Lipinski definition) is 6. The predicted octanol–water partition coefficient (Wildman–Crippen LogP) is 2.28. The van der Waals surface area contributed by atoms with Crippen LogP contribution in [0, 0.1) is 0 Å². The van der Waals surface area contributed by atoms with Gasteiger partial charge in [-0.15, -0.1) is 0 Å². The van der Waals surface area contributed by atoms with Gasteiger partial charge in [0.1, 0.15) is 12.3 Å². The number of ether oxygens (including phenoxy) is 2. The molecule has 0 unspecified atom stereocenters. The maximum atomic E-state index is 12.4. The minimum Gasteiger partial charge on any atom is -0.495 e. The molecule has 1 amide bonds. The van der Waals surface area contributed by atoms with E-state index in [4.69, 9.17) is 9.47 Å². The summed E-state index contributed by atoms with van der Waals surface area (Å²) in [6.07, 6.45) is 1.01. The molecule has 28 heavy (non-hydrogen) atoms. The van der Waals surface area contributed by atoms with Crippen molar-refractivity contribution in [3.05, 3.63) is 54.1 Å². The lowest BCUT2D eigenvalue weighted by Gasteiger charge is -2.23. The number of anilines is 2. The summed E-state index contributed by atoms with van der Waals surface area (Å²) in [5, 5.41) is 2.61. The van der Waals surface area contributed by atoms with E-state index in [-0.39, 0.29) is 12.3 Å². The highest BCUT2D eigenvalue weighted by Gasteiger charge is 2.23. The Hall–Kier alpha value is -3.07. The van der Waals surface area contributed by atoms with Crippen LogP contribution in [0.2, 0.25) is 0 Å². The monoisotopic (exact) mass is 406 g/mol. The van der Waals surface area contributed by atoms with Gasteiger partial charge in [-0.1, -0.05) is 12.1 Å². The first-order chi connectivity index (χ1) is 13.3. The molecule has 0 fully saturated rings. The second-order valence-electron chi connectivity index (χ2n) is 5.79. The molecule has 0 aliphatic rings. The van der Waals surface area contributed by atoms with Crippen LogP contribution in [0.1, 0.15) is 17.3 Å². The van der Waals surface area contributed by atoms with E-state index in [0.29, 0.717) is 17.0 Å². The average molecular weight is 406 g/mol. The summed E-state index contributed by atoms with van der Waals surface area (Å²) in [7, 11) is -2.31. The van der Waals surface area contributed by atoms with Gasteiger partial charge in [0.25, 0.3) is 0 Å². The number of methoxy groups -OCH3 is 1. The molecule has 150 valence electrons. The minimum atomic E-state index is -3.73. The molecule has 2 aromatic rings. The average Bonchev–Trinajstić information content (AvgIpc) is 2.66. The maximum Gasteiger partial charge on any atom is 0.338 e. The van der Waals surface area contributed by atoms with Crippen molar-refractivity contribution in [1.82, 2.24) is 0 Å². The molecule has 9 heteroatoms. The van der Waals surface area contributed by atoms with Gasteiger partial charge in [0, 0.05) is 5.69 Å². The lowest BCUT2D eigenvalue weighted by Crippen LogP contribution is -2.37. The van der Waals surface area contributed by atoms with Gasteiger partial charge < -0.3 is 14.8 Å². The first kappa shape index (κ1) is 21.2. The van der Waals surface area contributed by atoms with Crippen LogP contribution in [0.4, 0.5) is 11.4 Å². The van der Waals surface area contributed by atoms with E-state index < -0.39 is 28.4 Å². The number of nitrogens with zero attached hydrogens (tertiary/aromatic N) is 1. The number of sulfonamides is 1. The number of esters is 1. The first-order valence-corrected chi connectivity index (χ1v) is 10.3.